The second-order valence-electron chi connectivity index (χ2n) is 6.47. The Labute approximate surface area is 146 Å². The number of fused-ring (bicyclic) bond motifs is 1. The van der Waals surface area contributed by atoms with Gasteiger partial charge in [0.1, 0.15) is 5.82 Å². The van der Waals surface area contributed by atoms with Gasteiger partial charge in [0.15, 0.2) is 11.6 Å². The van der Waals surface area contributed by atoms with E-state index in [1.807, 2.05) is 29.8 Å². The van der Waals surface area contributed by atoms with Crippen LogP contribution >= 0.6 is 0 Å². The quantitative estimate of drug-likeness (QED) is 0.715. The van der Waals surface area contributed by atoms with Crippen LogP contribution in [0.1, 0.15) is 30.6 Å². The SMILES string of the molecule is CCc1nnc2c(N3CCCN(Cc4cc(C)no4)CC3)nccn12. The summed E-state index contributed by atoms with van der Waals surface area (Å²) in [5, 5.41) is 12.6. The van der Waals surface area contributed by atoms with E-state index in [2.05, 4.69) is 37.1 Å². The summed E-state index contributed by atoms with van der Waals surface area (Å²) >= 11 is 0. The first-order chi connectivity index (χ1) is 12.2. The van der Waals surface area contributed by atoms with Crippen LogP contribution in [0, 0.1) is 6.92 Å². The Bertz CT molecular complexity index is 856. The summed E-state index contributed by atoms with van der Waals surface area (Å²) in [6.45, 7) is 8.71. The fourth-order valence-corrected chi connectivity index (χ4v) is 3.38. The Morgan fingerprint density at radius 2 is 2.08 bits per heavy atom. The highest BCUT2D eigenvalue weighted by molar-refractivity contribution is 5.63. The standard InChI is InChI=1S/C17H23N7O/c1-3-15-19-20-17-16(18-5-8-24(15)17)23-7-4-6-22(9-10-23)12-14-11-13(2)21-25-14/h5,8,11H,3-4,6-7,9-10,12H2,1-2H3. The molecule has 4 heterocycles. The molecule has 0 saturated carbocycles. The maximum absolute atomic E-state index is 5.35. The second-order valence-corrected chi connectivity index (χ2v) is 6.47. The molecule has 1 saturated heterocycles. The van der Waals surface area contributed by atoms with Crippen LogP contribution < -0.4 is 4.90 Å². The summed E-state index contributed by atoms with van der Waals surface area (Å²) in [4.78, 5) is 9.31. The molecule has 0 spiro atoms. The maximum atomic E-state index is 5.35. The molecule has 0 atom stereocenters. The molecule has 0 N–H and O–H groups in total. The molecule has 25 heavy (non-hydrogen) atoms. The summed E-state index contributed by atoms with van der Waals surface area (Å²) in [7, 11) is 0. The zero-order chi connectivity index (χ0) is 17.2. The third kappa shape index (κ3) is 3.21. The lowest BCUT2D eigenvalue weighted by Gasteiger charge is -2.22. The van der Waals surface area contributed by atoms with E-state index in [-0.39, 0.29) is 0 Å². The van der Waals surface area contributed by atoms with Crippen LogP contribution in [0.5, 0.6) is 0 Å². The summed E-state index contributed by atoms with van der Waals surface area (Å²) < 4.78 is 7.40. The van der Waals surface area contributed by atoms with Crippen LogP contribution in [-0.4, -0.2) is 55.8 Å². The van der Waals surface area contributed by atoms with Gasteiger partial charge in [0.05, 0.1) is 12.2 Å². The lowest BCUT2D eigenvalue weighted by molar-refractivity contribution is 0.244. The predicted molar refractivity (Wildman–Crippen MR) is 93.5 cm³/mol. The fourth-order valence-electron chi connectivity index (χ4n) is 3.38. The van der Waals surface area contributed by atoms with Crippen molar-refractivity contribution in [2.75, 3.05) is 31.1 Å². The molecule has 8 heteroatoms. The number of anilines is 1. The first kappa shape index (κ1) is 16.0. The molecule has 4 rings (SSSR count). The van der Waals surface area contributed by atoms with Gasteiger partial charge in [0.25, 0.3) is 0 Å². The number of nitrogens with zero attached hydrogens (tertiary/aromatic N) is 7. The molecule has 1 fully saturated rings. The number of hydrogen-bond donors (Lipinski definition) is 0. The van der Waals surface area contributed by atoms with Gasteiger partial charge in [0.2, 0.25) is 5.65 Å². The van der Waals surface area contributed by atoms with Crippen molar-refractivity contribution in [1.29, 1.82) is 0 Å². The van der Waals surface area contributed by atoms with E-state index in [0.717, 1.165) is 74.3 Å². The lowest BCUT2D eigenvalue weighted by Crippen LogP contribution is -2.31. The number of rotatable bonds is 4. The zero-order valence-electron chi connectivity index (χ0n) is 14.7. The minimum absolute atomic E-state index is 0.803. The van der Waals surface area contributed by atoms with Gasteiger partial charge in [0, 0.05) is 51.1 Å². The van der Waals surface area contributed by atoms with Crippen LogP contribution in [0.3, 0.4) is 0 Å². The molecule has 8 nitrogen and oxygen atoms in total. The van der Waals surface area contributed by atoms with E-state index in [1.54, 1.807) is 0 Å². The molecule has 1 aliphatic rings. The maximum Gasteiger partial charge on any atom is 0.203 e. The Morgan fingerprint density at radius 1 is 1.16 bits per heavy atom. The first-order valence-electron chi connectivity index (χ1n) is 8.82. The third-order valence-electron chi connectivity index (χ3n) is 4.64. The highest BCUT2D eigenvalue weighted by atomic mass is 16.5. The van der Waals surface area contributed by atoms with Crippen molar-refractivity contribution in [3.8, 4) is 0 Å². The number of hydrogen-bond acceptors (Lipinski definition) is 7. The minimum Gasteiger partial charge on any atom is -0.360 e. The van der Waals surface area contributed by atoms with E-state index in [9.17, 15) is 0 Å². The summed E-state index contributed by atoms with van der Waals surface area (Å²) in [5.74, 6) is 2.82. The highest BCUT2D eigenvalue weighted by Gasteiger charge is 2.20. The fraction of sp³-hybridized carbons (Fsp3) is 0.529. The average molecular weight is 341 g/mol. The van der Waals surface area contributed by atoms with Crippen molar-refractivity contribution in [2.45, 2.75) is 33.2 Å². The van der Waals surface area contributed by atoms with Crippen LogP contribution in [0.15, 0.2) is 23.0 Å². The van der Waals surface area contributed by atoms with Crippen LogP contribution in [0.2, 0.25) is 0 Å². The van der Waals surface area contributed by atoms with Gasteiger partial charge < -0.3 is 9.42 Å². The zero-order valence-corrected chi connectivity index (χ0v) is 14.7. The number of aromatic nitrogens is 5. The second kappa shape index (κ2) is 6.79. The Balaban J connectivity index is 1.50. The van der Waals surface area contributed by atoms with Crippen molar-refractivity contribution in [3.05, 3.63) is 35.7 Å². The van der Waals surface area contributed by atoms with E-state index in [1.165, 1.54) is 0 Å². The first-order valence-corrected chi connectivity index (χ1v) is 8.82. The Morgan fingerprint density at radius 3 is 2.88 bits per heavy atom. The summed E-state index contributed by atoms with van der Waals surface area (Å²) in [5.41, 5.74) is 1.78. The summed E-state index contributed by atoms with van der Waals surface area (Å²) in [6, 6.07) is 2.01. The highest BCUT2D eigenvalue weighted by Crippen LogP contribution is 2.20. The van der Waals surface area contributed by atoms with Gasteiger partial charge in [-0.05, 0) is 13.3 Å². The Kier molecular flexibility index (Phi) is 4.35. The predicted octanol–water partition coefficient (Wildman–Crippen LogP) is 1.70. The number of aryl methyl sites for hydroxylation is 2. The molecular formula is C17H23N7O. The average Bonchev–Trinajstić information content (AvgIpc) is 3.15. The smallest absolute Gasteiger partial charge is 0.203 e. The van der Waals surface area contributed by atoms with Crippen molar-refractivity contribution in [1.82, 2.24) is 29.6 Å². The lowest BCUT2D eigenvalue weighted by atomic mass is 10.3. The molecular weight excluding hydrogens is 318 g/mol. The topological polar surface area (TPSA) is 75.6 Å². The molecule has 1 aliphatic heterocycles. The van der Waals surface area contributed by atoms with Crippen LogP contribution in [0.4, 0.5) is 5.82 Å². The molecule has 132 valence electrons. The van der Waals surface area contributed by atoms with Gasteiger partial charge >= 0.3 is 0 Å². The van der Waals surface area contributed by atoms with Gasteiger partial charge in [-0.2, -0.15) is 0 Å². The van der Waals surface area contributed by atoms with Gasteiger partial charge in [-0.25, -0.2) is 4.98 Å². The van der Waals surface area contributed by atoms with Crippen molar-refractivity contribution in [3.63, 3.8) is 0 Å². The van der Waals surface area contributed by atoms with E-state index >= 15 is 0 Å². The van der Waals surface area contributed by atoms with Gasteiger partial charge in [-0.1, -0.05) is 12.1 Å². The van der Waals surface area contributed by atoms with Crippen LogP contribution in [-0.2, 0) is 13.0 Å². The minimum atomic E-state index is 0.803. The van der Waals surface area contributed by atoms with E-state index < -0.39 is 0 Å². The molecule has 0 unspecified atom stereocenters. The van der Waals surface area contributed by atoms with Gasteiger partial charge in [-0.3, -0.25) is 9.30 Å². The Hall–Kier alpha value is -2.48. The molecule has 0 aromatic carbocycles. The molecule has 0 amide bonds. The van der Waals surface area contributed by atoms with Crippen molar-refractivity contribution >= 4 is 11.5 Å². The largest absolute Gasteiger partial charge is 0.360 e. The molecule has 0 bridgehead atoms. The van der Waals surface area contributed by atoms with E-state index in [0.29, 0.717) is 0 Å². The molecule has 3 aromatic rings. The van der Waals surface area contributed by atoms with E-state index in [4.69, 9.17) is 4.52 Å². The van der Waals surface area contributed by atoms with Gasteiger partial charge in [-0.15, -0.1) is 10.2 Å². The normalized spacial score (nSPS) is 16.5. The molecule has 0 radical (unpaired) electrons. The van der Waals surface area contributed by atoms with Crippen molar-refractivity contribution < 1.29 is 4.52 Å². The van der Waals surface area contributed by atoms with Crippen LogP contribution in [0.25, 0.3) is 5.65 Å². The monoisotopic (exact) mass is 341 g/mol. The molecule has 0 aliphatic carbocycles. The summed E-state index contributed by atoms with van der Waals surface area (Å²) in [6.07, 6.45) is 5.71. The third-order valence-corrected chi connectivity index (χ3v) is 4.64. The van der Waals surface area contributed by atoms with Crippen molar-refractivity contribution in [2.24, 2.45) is 0 Å². The molecule has 3 aromatic heterocycles.